The largest absolute Gasteiger partial charge is 0.372 e. The maximum absolute atomic E-state index is 13.0. The Balaban J connectivity index is 2.00. The van der Waals surface area contributed by atoms with Gasteiger partial charge >= 0.3 is 0 Å². The van der Waals surface area contributed by atoms with E-state index in [1.807, 2.05) is 19.9 Å². The molecule has 2 aliphatic rings. The van der Waals surface area contributed by atoms with Crippen LogP contribution in [0.5, 0.6) is 0 Å². The summed E-state index contributed by atoms with van der Waals surface area (Å²) in [5.41, 5.74) is 2.61. The van der Waals surface area contributed by atoms with E-state index in [0.717, 1.165) is 29.5 Å². The van der Waals surface area contributed by atoms with E-state index in [1.54, 1.807) is 10.4 Å². The Kier molecular flexibility index (Phi) is 4.03. The molecule has 0 radical (unpaired) electrons. The van der Waals surface area contributed by atoms with Crippen molar-refractivity contribution < 1.29 is 13.2 Å². The molecule has 0 aromatic heterocycles. The van der Waals surface area contributed by atoms with Crippen molar-refractivity contribution in [1.82, 2.24) is 4.31 Å². The monoisotopic (exact) mass is 329 g/mol. The number of rotatable bonds is 3. The summed E-state index contributed by atoms with van der Waals surface area (Å²) in [4.78, 5) is 0.388. The Morgan fingerprint density at radius 2 is 1.86 bits per heavy atom. The fourth-order valence-electron chi connectivity index (χ4n) is 3.16. The van der Waals surface area contributed by atoms with Gasteiger partial charge in [-0.15, -0.1) is 11.6 Å². The van der Waals surface area contributed by atoms with Crippen molar-refractivity contribution in [2.24, 2.45) is 0 Å². The minimum absolute atomic E-state index is 0.0520. The van der Waals surface area contributed by atoms with Crippen LogP contribution in [-0.4, -0.2) is 38.0 Å². The van der Waals surface area contributed by atoms with E-state index in [9.17, 15) is 8.42 Å². The van der Waals surface area contributed by atoms with Crippen molar-refractivity contribution in [3.63, 3.8) is 0 Å². The molecule has 1 aromatic carbocycles. The second-order valence-electron chi connectivity index (χ2n) is 5.95. The van der Waals surface area contributed by atoms with Gasteiger partial charge in [0.05, 0.1) is 17.1 Å². The zero-order valence-corrected chi connectivity index (χ0v) is 13.9. The first-order chi connectivity index (χ1) is 9.91. The normalized spacial score (nSPS) is 26.2. The standard InChI is InChI=1S/C15H20ClNO3S/c1-10-5-12(7-16)6-15(11(10)2)21(18,19)17-8-13-3-4-14(9-17)20-13/h5-6,13-14H,3-4,7-9H2,1-2H3. The highest BCUT2D eigenvalue weighted by Crippen LogP contribution is 2.32. The molecule has 2 atom stereocenters. The van der Waals surface area contributed by atoms with Gasteiger partial charge in [0.1, 0.15) is 0 Å². The van der Waals surface area contributed by atoms with Crippen molar-refractivity contribution in [3.8, 4) is 0 Å². The number of hydrogen-bond donors (Lipinski definition) is 0. The van der Waals surface area contributed by atoms with Crippen LogP contribution in [0.3, 0.4) is 0 Å². The lowest BCUT2D eigenvalue weighted by atomic mass is 10.1. The van der Waals surface area contributed by atoms with Crippen LogP contribution in [0.25, 0.3) is 0 Å². The topological polar surface area (TPSA) is 46.6 Å². The van der Waals surface area contributed by atoms with Crippen LogP contribution in [0.2, 0.25) is 0 Å². The number of hydrogen-bond acceptors (Lipinski definition) is 3. The molecule has 0 saturated carbocycles. The van der Waals surface area contributed by atoms with Crippen molar-refractivity contribution in [3.05, 3.63) is 28.8 Å². The smallest absolute Gasteiger partial charge is 0.243 e. The van der Waals surface area contributed by atoms with Gasteiger partial charge in [0.15, 0.2) is 0 Å². The van der Waals surface area contributed by atoms with E-state index < -0.39 is 10.0 Å². The van der Waals surface area contributed by atoms with Gasteiger partial charge in [-0.25, -0.2) is 8.42 Å². The average Bonchev–Trinajstić information content (AvgIpc) is 2.79. The van der Waals surface area contributed by atoms with E-state index in [0.29, 0.717) is 23.9 Å². The van der Waals surface area contributed by atoms with E-state index in [2.05, 4.69) is 0 Å². The first kappa shape index (κ1) is 15.3. The highest BCUT2D eigenvalue weighted by atomic mass is 35.5. The molecule has 2 saturated heterocycles. The van der Waals surface area contributed by atoms with Crippen molar-refractivity contribution >= 4 is 21.6 Å². The molecular weight excluding hydrogens is 310 g/mol. The van der Waals surface area contributed by atoms with Crippen molar-refractivity contribution in [1.29, 1.82) is 0 Å². The fourth-order valence-corrected chi connectivity index (χ4v) is 5.16. The number of fused-ring (bicyclic) bond motifs is 2. The fraction of sp³-hybridized carbons (Fsp3) is 0.600. The number of ether oxygens (including phenoxy) is 1. The average molecular weight is 330 g/mol. The van der Waals surface area contributed by atoms with Crippen molar-refractivity contribution in [2.75, 3.05) is 13.1 Å². The molecule has 2 fully saturated rings. The van der Waals surface area contributed by atoms with E-state index >= 15 is 0 Å². The number of sulfonamides is 1. The molecule has 2 bridgehead atoms. The van der Waals surface area contributed by atoms with Crippen LogP contribution < -0.4 is 0 Å². The summed E-state index contributed by atoms with van der Waals surface area (Å²) in [6, 6.07) is 3.66. The van der Waals surface area contributed by atoms with E-state index in [4.69, 9.17) is 16.3 Å². The predicted molar refractivity (Wildman–Crippen MR) is 82.1 cm³/mol. The second kappa shape index (κ2) is 5.54. The van der Waals surface area contributed by atoms with Crippen molar-refractivity contribution in [2.45, 2.75) is 49.7 Å². The summed E-state index contributed by atoms with van der Waals surface area (Å²) < 4.78 is 33.3. The van der Waals surface area contributed by atoms with Gasteiger partial charge in [0.25, 0.3) is 0 Å². The molecule has 6 heteroatoms. The van der Waals surface area contributed by atoms with Crippen LogP contribution in [0.1, 0.15) is 29.5 Å². The number of morpholine rings is 1. The van der Waals surface area contributed by atoms with Gasteiger partial charge in [-0.05, 0) is 49.4 Å². The Labute approximate surface area is 131 Å². The maximum Gasteiger partial charge on any atom is 0.243 e. The first-order valence-electron chi connectivity index (χ1n) is 7.23. The third-order valence-electron chi connectivity index (χ3n) is 4.46. The Hall–Kier alpha value is -0.620. The Bertz CT molecular complexity index is 647. The van der Waals surface area contributed by atoms with E-state index in [1.165, 1.54) is 0 Å². The summed E-state index contributed by atoms with van der Waals surface area (Å²) in [7, 11) is -3.48. The van der Waals surface area contributed by atoms with Gasteiger partial charge in [-0.1, -0.05) is 6.07 Å². The van der Waals surface area contributed by atoms with Gasteiger partial charge in [0.2, 0.25) is 10.0 Å². The van der Waals surface area contributed by atoms with Crippen LogP contribution in [0.15, 0.2) is 17.0 Å². The molecule has 1 aromatic rings. The molecule has 0 spiro atoms. The van der Waals surface area contributed by atoms with Crippen LogP contribution in [0, 0.1) is 13.8 Å². The van der Waals surface area contributed by atoms with Crippen LogP contribution in [-0.2, 0) is 20.6 Å². The minimum atomic E-state index is -3.48. The third-order valence-corrected chi connectivity index (χ3v) is 6.73. The lowest BCUT2D eigenvalue weighted by molar-refractivity contribution is -0.0114. The molecule has 116 valence electrons. The number of nitrogens with zero attached hydrogens (tertiary/aromatic N) is 1. The first-order valence-corrected chi connectivity index (χ1v) is 9.21. The number of aryl methyl sites for hydroxylation is 1. The molecule has 2 unspecified atom stereocenters. The maximum atomic E-state index is 13.0. The highest BCUT2D eigenvalue weighted by molar-refractivity contribution is 7.89. The minimum Gasteiger partial charge on any atom is -0.372 e. The molecule has 21 heavy (non-hydrogen) atoms. The summed E-state index contributed by atoms with van der Waals surface area (Å²) in [6.07, 6.45) is 2.01. The van der Waals surface area contributed by atoms with E-state index in [-0.39, 0.29) is 12.2 Å². The van der Waals surface area contributed by atoms with Gasteiger partial charge in [-0.2, -0.15) is 4.31 Å². The van der Waals surface area contributed by atoms with Crippen LogP contribution in [0.4, 0.5) is 0 Å². The Morgan fingerprint density at radius 3 is 2.43 bits per heavy atom. The quantitative estimate of drug-likeness (QED) is 0.801. The summed E-state index contributed by atoms with van der Waals surface area (Å²) >= 11 is 5.89. The summed E-state index contributed by atoms with van der Waals surface area (Å²) in [5.74, 6) is 0.317. The lowest BCUT2D eigenvalue weighted by Crippen LogP contribution is -2.45. The second-order valence-corrected chi connectivity index (χ2v) is 8.12. The number of alkyl halides is 1. The number of benzene rings is 1. The molecule has 0 aliphatic carbocycles. The number of halogens is 1. The molecule has 0 amide bonds. The Morgan fingerprint density at radius 1 is 1.24 bits per heavy atom. The zero-order valence-electron chi connectivity index (χ0n) is 12.3. The lowest BCUT2D eigenvalue weighted by Gasteiger charge is -2.31. The highest BCUT2D eigenvalue weighted by Gasteiger charge is 2.39. The van der Waals surface area contributed by atoms with Crippen LogP contribution >= 0.6 is 11.6 Å². The molecule has 2 aliphatic heterocycles. The molecule has 3 rings (SSSR count). The zero-order chi connectivity index (χ0) is 15.2. The van der Waals surface area contributed by atoms with Gasteiger partial charge in [-0.3, -0.25) is 0 Å². The molecule has 4 nitrogen and oxygen atoms in total. The molecule has 0 N–H and O–H groups in total. The van der Waals surface area contributed by atoms with Gasteiger partial charge < -0.3 is 4.74 Å². The molecular formula is C15H20ClNO3S. The molecule has 2 heterocycles. The summed E-state index contributed by atoms with van der Waals surface area (Å²) in [5, 5.41) is 0. The predicted octanol–water partition coefficient (Wildman–Crippen LogP) is 2.59. The SMILES string of the molecule is Cc1cc(CCl)cc(S(=O)(=O)N2CC3CCC(C2)O3)c1C. The van der Waals surface area contributed by atoms with Gasteiger partial charge in [0, 0.05) is 19.0 Å². The third kappa shape index (κ3) is 2.72. The summed E-state index contributed by atoms with van der Waals surface area (Å²) in [6.45, 7) is 4.70.